The minimum absolute atomic E-state index is 0.148. The van der Waals surface area contributed by atoms with E-state index in [1.807, 2.05) is 19.1 Å². The number of likely N-dealkylation sites (N-methyl/N-ethyl adjacent to an activating group) is 1. The predicted molar refractivity (Wildman–Crippen MR) is 65.7 cm³/mol. The molecule has 0 aliphatic heterocycles. The number of aliphatic hydroxyl groups excluding tert-OH is 1. The lowest BCUT2D eigenvalue weighted by Gasteiger charge is -2.19. The van der Waals surface area contributed by atoms with Gasteiger partial charge in [0.25, 0.3) is 0 Å². The Kier molecular flexibility index (Phi) is 5.47. The summed E-state index contributed by atoms with van der Waals surface area (Å²) in [5, 5.41) is 17.9. The largest absolute Gasteiger partial charge is 0.495 e. The lowest BCUT2D eigenvalue weighted by atomic mass is 10.1. The predicted octanol–water partition coefficient (Wildman–Crippen LogP) is 1.38. The number of nitrogens with zero attached hydrogens (tertiary/aromatic N) is 2. The molecule has 0 bridgehead atoms. The molecule has 4 nitrogen and oxygen atoms in total. The maximum atomic E-state index is 8.99. The second-order valence-corrected chi connectivity index (χ2v) is 3.74. The maximum Gasteiger partial charge on any atom is 0.136 e. The fourth-order valence-electron chi connectivity index (χ4n) is 1.69. The molecule has 0 amide bonds. The molecule has 0 aromatic heterocycles. The fourth-order valence-corrected chi connectivity index (χ4v) is 1.69. The summed E-state index contributed by atoms with van der Waals surface area (Å²) < 4.78 is 5.09. The van der Waals surface area contributed by atoms with Gasteiger partial charge in [-0.05, 0) is 24.2 Å². The van der Waals surface area contributed by atoms with Gasteiger partial charge in [0, 0.05) is 13.1 Å². The topological polar surface area (TPSA) is 56.5 Å². The van der Waals surface area contributed by atoms with Crippen molar-refractivity contribution in [3.8, 4) is 11.8 Å². The molecular formula is C13H18N2O2. The van der Waals surface area contributed by atoms with Gasteiger partial charge in [0.1, 0.15) is 11.8 Å². The summed E-state index contributed by atoms with van der Waals surface area (Å²) in [5.41, 5.74) is 1.60. The minimum Gasteiger partial charge on any atom is -0.495 e. The van der Waals surface area contributed by atoms with Crippen LogP contribution in [0.25, 0.3) is 0 Å². The van der Waals surface area contributed by atoms with Crippen LogP contribution in [0, 0.1) is 11.3 Å². The summed E-state index contributed by atoms with van der Waals surface area (Å²) in [6.07, 6.45) is 0. The number of hydrogen-bond donors (Lipinski definition) is 1. The number of ether oxygens (including phenoxy) is 1. The number of nitriles is 1. The summed E-state index contributed by atoms with van der Waals surface area (Å²) in [6.45, 7) is 4.44. The molecule has 0 aliphatic carbocycles. The molecule has 0 fully saturated rings. The Hall–Kier alpha value is -1.57. The lowest BCUT2D eigenvalue weighted by Crippen LogP contribution is -2.26. The molecule has 0 radical (unpaired) electrons. The van der Waals surface area contributed by atoms with E-state index < -0.39 is 0 Å². The Bertz CT molecular complexity index is 399. The molecule has 1 aromatic carbocycles. The molecule has 1 rings (SSSR count). The average Bonchev–Trinajstić information content (AvgIpc) is 2.38. The monoisotopic (exact) mass is 234 g/mol. The van der Waals surface area contributed by atoms with Crippen LogP contribution in [-0.2, 0) is 6.54 Å². The molecule has 92 valence electrons. The molecule has 0 unspecified atom stereocenters. The Morgan fingerprint density at radius 2 is 2.24 bits per heavy atom. The second-order valence-electron chi connectivity index (χ2n) is 3.74. The zero-order valence-corrected chi connectivity index (χ0v) is 10.3. The first kappa shape index (κ1) is 13.5. The van der Waals surface area contributed by atoms with Crippen LogP contribution < -0.4 is 4.74 Å². The van der Waals surface area contributed by atoms with Gasteiger partial charge in [0.05, 0.1) is 19.3 Å². The van der Waals surface area contributed by atoms with Gasteiger partial charge in [-0.15, -0.1) is 0 Å². The van der Waals surface area contributed by atoms with Crippen molar-refractivity contribution in [3.05, 3.63) is 29.3 Å². The Labute approximate surface area is 102 Å². The van der Waals surface area contributed by atoms with Crippen molar-refractivity contribution < 1.29 is 9.84 Å². The fraction of sp³-hybridized carbons (Fsp3) is 0.462. The third kappa shape index (κ3) is 3.74. The third-order valence-corrected chi connectivity index (χ3v) is 2.65. The van der Waals surface area contributed by atoms with Crippen LogP contribution in [0.1, 0.15) is 18.1 Å². The van der Waals surface area contributed by atoms with Gasteiger partial charge in [0.15, 0.2) is 0 Å². The van der Waals surface area contributed by atoms with E-state index in [9.17, 15) is 0 Å². The molecule has 0 aliphatic rings. The summed E-state index contributed by atoms with van der Waals surface area (Å²) in [5.74, 6) is 0.599. The highest BCUT2D eigenvalue weighted by molar-refractivity contribution is 5.45. The molecule has 0 spiro atoms. The normalized spacial score (nSPS) is 10.3. The van der Waals surface area contributed by atoms with Crippen molar-refractivity contribution in [2.45, 2.75) is 13.5 Å². The summed E-state index contributed by atoms with van der Waals surface area (Å²) in [6, 6.07) is 7.70. The number of hydrogen-bond acceptors (Lipinski definition) is 4. The SMILES string of the molecule is CCN(CCO)Cc1ccc(OC)c(C#N)c1. The van der Waals surface area contributed by atoms with Crippen molar-refractivity contribution in [2.75, 3.05) is 26.8 Å². The van der Waals surface area contributed by atoms with E-state index in [0.717, 1.165) is 18.7 Å². The van der Waals surface area contributed by atoms with Crippen LogP contribution in [0.15, 0.2) is 18.2 Å². The van der Waals surface area contributed by atoms with Gasteiger partial charge < -0.3 is 9.84 Å². The van der Waals surface area contributed by atoms with Crippen LogP contribution in [0.4, 0.5) is 0 Å². The van der Waals surface area contributed by atoms with Gasteiger partial charge in [-0.2, -0.15) is 5.26 Å². The van der Waals surface area contributed by atoms with Crippen molar-refractivity contribution in [3.63, 3.8) is 0 Å². The zero-order chi connectivity index (χ0) is 12.7. The Morgan fingerprint density at radius 3 is 2.76 bits per heavy atom. The van der Waals surface area contributed by atoms with E-state index in [-0.39, 0.29) is 6.61 Å². The number of benzene rings is 1. The average molecular weight is 234 g/mol. The first-order valence-electron chi connectivity index (χ1n) is 5.65. The van der Waals surface area contributed by atoms with E-state index >= 15 is 0 Å². The van der Waals surface area contributed by atoms with Gasteiger partial charge in [-0.25, -0.2) is 0 Å². The van der Waals surface area contributed by atoms with E-state index in [1.165, 1.54) is 0 Å². The quantitative estimate of drug-likeness (QED) is 0.808. The molecule has 0 saturated carbocycles. The highest BCUT2D eigenvalue weighted by Crippen LogP contribution is 2.19. The molecule has 0 saturated heterocycles. The minimum atomic E-state index is 0.148. The van der Waals surface area contributed by atoms with Crippen molar-refractivity contribution in [2.24, 2.45) is 0 Å². The molecule has 4 heteroatoms. The summed E-state index contributed by atoms with van der Waals surface area (Å²) in [7, 11) is 1.56. The Balaban J connectivity index is 2.82. The highest BCUT2D eigenvalue weighted by atomic mass is 16.5. The molecule has 1 N–H and O–H groups in total. The van der Waals surface area contributed by atoms with E-state index in [0.29, 0.717) is 17.9 Å². The third-order valence-electron chi connectivity index (χ3n) is 2.65. The summed E-state index contributed by atoms with van der Waals surface area (Å²) >= 11 is 0. The van der Waals surface area contributed by atoms with Crippen LogP contribution >= 0.6 is 0 Å². The lowest BCUT2D eigenvalue weighted by molar-refractivity contribution is 0.197. The van der Waals surface area contributed by atoms with Crippen molar-refractivity contribution in [1.82, 2.24) is 4.90 Å². The van der Waals surface area contributed by atoms with Crippen LogP contribution in [0.2, 0.25) is 0 Å². The smallest absolute Gasteiger partial charge is 0.136 e. The van der Waals surface area contributed by atoms with Gasteiger partial charge >= 0.3 is 0 Å². The molecular weight excluding hydrogens is 216 g/mol. The van der Waals surface area contributed by atoms with E-state index in [2.05, 4.69) is 11.0 Å². The van der Waals surface area contributed by atoms with E-state index in [1.54, 1.807) is 13.2 Å². The standard InChI is InChI=1S/C13H18N2O2/c1-3-15(6-7-16)10-11-4-5-13(17-2)12(8-11)9-14/h4-5,8,16H,3,6-7,10H2,1-2H3. The number of aliphatic hydroxyl groups is 1. The van der Waals surface area contributed by atoms with Crippen LogP contribution in [-0.4, -0.2) is 36.8 Å². The highest BCUT2D eigenvalue weighted by Gasteiger charge is 2.07. The maximum absolute atomic E-state index is 8.99. The first-order valence-corrected chi connectivity index (χ1v) is 5.65. The molecule has 17 heavy (non-hydrogen) atoms. The van der Waals surface area contributed by atoms with E-state index in [4.69, 9.17) is 15.1 Å². The second kappa shape index (κ2) is 6.89. The number of rotatable bonds is 6. The first-order chi connectivity index (χ1) is 8.24. The number of methoxy groups -OCH3 is 1. The molecule has 1 aromatic rings. The van der Waals surface area contributed by atoms with Crippen LogP contribution in [0.3, 0.4) is 0 Å². The van der Waals surface area contributed by atoms with Gasteiger partial charge in [0.2, 0.25) is 0 Å². The van der Waals surface area contributed by atoms with Gasteiger partial charge in [-0.1, -0.05) is 13.0 Å². The molecule has 0 heterocycles. The molecule has 0 atom stereocenters. The van der Waals surface area contributed by atoms with Crippen molar-refractivity contribution in [1.29, 1.82) is 5.26 Å². The van der Waals surface area contributed by atoms with Crippen molar-refractivity contribution >= 4 is 0 Å². The zero-order valence-electron chi connectivity index (χ0n) is 10.3. The Morgan fingerprint density at radius 1 is 1.47 bits per heavy atom. The summed E-state index contributed by atoms with van der Waals surface area (Å²) in [4.78, 5) is 2.11. The van der Waals surface area contributed by atoms with Gasteiger partial charge in [-0.3, -0.25) is 4.90 Å². The van der Waals surface area contributed by atoms with Crippen LogP contribution in [0.5, 0.6) is 5.75 Å².